The lowest BCUT2D eigenvalue weighted by Gasteiger charge is -2.07. The van der Waals surface area contributed by atoms with Crippen LogP contribution in [0, 0.1) is 0 Å². The van der Waals surface area contributed by atoms with Crippen molar-refractivity contribution in [2.75, 3.05) is 0 Å². The zero-order valence-corrected chi connectivity index (χ0v) is 9.04. The van der Waals surface area contributed by atoms with Crippen LogP contribution in [0.1, 0.15) is 19.8 Å². The standard InChI is InChI=1S/C7H14Cl2Si/c1-3-4-5-6-7-10(2,8)9/h3-4H,5-7H2,1-2H3/b4-3+. The normalized spacial score (nSPS) is 12.8. The SMILES string of the molecule is C/C=C/CCC[Si](C)(Cl)Cl. The molecule has 10 heavy (non-hydrogen) atoms. The van der Waals surface area contributed by atoms with E-state index in [9.17, 15) is 0 Å². The van der Waals surface area contributed by atoms with Crippen LogP contribution in [0.15, 0.2) is 12.2 Å². The van der Waals surface area contributed by atoms with E-state index in [-0.39, 0.29) is 0 Å². The van der Waals surface area contributed by atoms with Crippen LogP contribution in [0.5, 0.6) is 0 Å². The Morgan fingerprint density at radius 1 is 1.40 bits per heavy atom. The predicted molar refractivity (Wildman–Crippen MR) is 52.2 cm³/mol. The smallest absolute Gasteiger partial charge is 0.146 e. The van der Waals surface area contributed by atoms with Gasteiger partial charge in [0.25, 0.3) is 0 Å². The first-order chi connectivity index (χ1) is 4.56. The lowest BCUT2D eigenvalue weighted by molar-refractivity contribution is 0.944. The molecule has 0 aliphatic carbocycles. The van der Waals surface area contributed by atoms with E-state index in [1.807, 2.05) is 13.5 Å². The number of hydrogen-bond donors (Lipinski definition) is 0. The molecule has 0 radical (unpaired) electrons. The summed E-state index contributed by atoms with van der Waals surface area (Å²) < 4.78 is 0. The molecule has 0 atom stereocenters. The third kappa shape index (κ3) is 8.54. The number of unbranched alkanes of at least 4 members (excludes halogenated alkanes) is 1. The van der Waals surface area contributed by atoms with Gasteiger partial charge in [0, 0.05) is 0 Å². The highest BCUT2D eigenvalue weighted by Gasteiger charge is 2.18. The van der Waals surface area contributed by atoms with Crippen LogP contribution in [-0.4, -0.2) is 6.69 Å². The van der Waals surface area contributed by atoms with Crippen molar-refractivity contribution in [2.45, 2.75) is 32.4 Å². The van der Waals surface area contributed by atoms with E-state index in [0.29, 0.717) is 0 Å². The van der Waals surface area contributed by atoms with Crippen LogP contribution in [0.2, 0.25) is 12.6 Å². The van der Waals surface area contributed by atoms with Gasteiger partial charge in [-0.15, -0.1) is 22.2 Å². The molecule has 0 unspecified atom stereocenters. The minimum atomic E-state index is -1.80. The third-order valence-electron chi connectivity index (χ3n) is 1.22. The summed E-state index contributed by atoms with van der Waals surface area (Å²) >= 11 is 11.8. The molecule has 0 N–H and O–H groups in total. The maximum atomic E-state index is 5.89. The van der Waals surface area contributed by atoms with Crippen molar-refractivity contribution in [3.05, 3.63) is 12.2 Å². The Morgan fingerprint density at radius 3 is 2.40 bits per heavy atom. The fraction of sp³-hybridized carbons (Fsp3) is 0.714. The predicted octanol–water partition coefficient (Wildman–Crippen LogP) is 3.89. The Morgan fingerprint density at radius 2 is 2.00 bits per heavy atom. The molecule has 3 heteroatoms. The van der Waals surface area contributed by atoms with Gasteiger partial charge in [-0.3, -0.25) is 0 Å². The number of rotatable bonds is 4. The summed E-state index contributed by atoms with van der Waals surface area (Å²) in [5.74, 6) is 0. The maximum absolute atomic E-state index is 5.89. The number of hydrogen-bond acceptors (Lipinski definition) is 0. The first-order valence-corrected chi connectivity index (χ1v) is 8.28. The van der Waals surface area contributed by atoms with Crippen molar-refractivity contribution < 1.29 is 0 Å². The van der Waals surface area contributed by atoms with E-state index in [2.05, 4.69) is 12.2 Å². The van der Waals surface area contributed by atoms with E-state index in [1.165, 1.54) is 0 Å². The molecule has 0 bridgehead atoms. The summed E-state index contributed by atoms with van der Waals surface area (Å²) in [5.41, 5.74) is 0. The molecular weight excluding hydrogens is 183 g/mol. The van der Waals surface area contributed by atoms with Crippen molar-refractivity contribution in [1.82, 2.24) is 0 Å². The summed E-state index contributed by atoms with van der Waals surface area (Å²) in [7, 11) is 0. The van der Waals surface area contributed by atoms with Crippen LogP contribution < -0.4 is 0 Å². The molecule has 0 aromatic rings. The molecule has 0 spiro atoms. The van der Waals surface area contributed by atoms with Gasteiger partial charge in [0.05, 0.1) is 0 Å². The van der Waals surface area contributed by atoms with E-state index in [4.69, 9.17) is 22.2 Å². The van der Waals surface area contributed by atoms with Gasteiger partial charge < -0.3 is 0 Å². The molecule has 0 aliphatic rings. The Bertz CT molecular complexity index is 105. The fourth-order valence-corrected chi connectivity index (χ4v) is 2.32. The van der Waals surface area contributed by atoms with Crippen molar-refractivity contribution >= 4 is 28.9 Å². The molecule has 0 aliphatic heterocycles. The van der Waals surface area contributed by atoms with Crippen molar-refractivity contribution in [3.63, 3.8) is 0 Å². The quantitative estimate of drug-likeness (QED) is 0.277. The first kappa shape index (κ1) is 10.5. The van der Waals surface area contributed by atoms with Crippen molar-refractivity contribution in [2.24, 2.45) is 0 Å². The van der Waals surface area contributed by atoms with E-state index in [0.717, 1.165) is 18.9 Å². The van der Waals surface area contributed by atoms with Gasteiger partial charge in [0.2, 0.25) is 6.69 Å². The second-order valence-corrected chi connectivity index (χ2v) is 10.8. The van der Waals surface area contributed by atoms with Gasteiger partial charge >= 0.3 is 0 Å². The lowest BCUT2D eigenvalue weighted by Crippen LogP contribution is -2.11. The molecule has 60 valence electrons. The van der Waals surface area contributed by atoms with Gasteiger partial charge in [-0.25, -0.2) is 0 Å². The molecule has 0 nitrogen and oxygen atoms in total. The minimum absolute atomic E-state index is 1.00. The molecule has 0 rings (SSSR count). The number of halogens is 2. The summed E-state index contributed by atoms with van der Waals surface area (Å²) in [6.07, 6.45) is 6.44. The molecule has 0 heterocycles. The molecule has 0 fully saturated rings. The van der Waals surface area contributed by atoms with Crippen molar-refractivity contribution in [3.8, 4) is 0 Å². The van der Waals surface area contributed by atoms with E-state index in [1.54, 1.807) is 0 Å². The highest BCUT2D eigenvalue weighted by molar-refractivity contribution is 7.44. The summed E-state index contributed by atoms with van der Waals surface area (Å²) in [6.45, 7) is 2.19. The van der Waals surface area contributed by atoms with Crippen LogP contribution in [0.25, 0.3) is 0 Å². The highest BCUT2D eigenvalue weighted by Crippen LogP contribution is 2.22. The van der Waals surface area contributed by atoms with Crippen LogP contribution in [0.3, 0.4) is 0 Å². The zero-order valence-electron chi connectivity index (χ0n) is 6.53. The van der Waals surface area contributed by atoms with Crippen LogP contribution >= 0.6 is 22.2 Å². The maximum Gasteiger partial charge on any atom is 0.248 e. The molecule has 0 aromatic heterocycles. The van der Waals surface area contributed by atoms with E-state index >= 15 is 0 Å². The summed E-state index contributed by atoms with van der Waals surface area (Å²) in [4.78, 5) is 0. The lowest BCUT2D eigenvalue weighted by atomic mass is 10.3. The Labute approximate surface area is 73.6 Å². The Balaban J connectivity index is 3.20. The van der Waals surface area contributed by atoms with E-state index < -0.39 is 6.69 Å². The second kappa shape index (κ2) is 5.22. The fourth-order valence-electron chi connectivity index (χ4n) is 0.697. The third-order valence-corrected chi connectivity index (χ3v) is 3.59. The Kier molecular flexibility index (Phi) is 5.50. The van der Waals surface area contributed by atoms with Crippen LogP contribution in [0.4, 0.5) is 0 Å². The number of allylic oxidation sites excluding steroid dienone is 2. The summed E-state index contributed by atoms with van der Waals surface area (Å²) in [6, 6.07) is 1.00. The van der Waals surface area contributed by atoms with Gasteiger partial charge in [0.1, 0.15) is 0 Å². The molecule has 0 saturated heterocycles. The van der Waals surface area contributed by atoms with Crippen molar-refractivity contribution in [1.29, 1.82) is 0 Å². The minimum Gasteiger partial charge on any atom is -0.146 e. The largest absolute Gasteiger partial charge is 0.248 e. The van der Waals surface area contributed by atoms with Gasteiger partial charge in [-0.1, -0.05) is 12.2 Å². The first-order valence-electron chi connectivity index (χ1n) is 3.55. The Hall–Kier alpha value is 0.537. The summed E-state index contributed by atoms with van der Waals surface area (Å²) in [5, 5.41) is 0. The zero-order chi connectivity index (χ0) is 8.04. The molecule has 0 saturated carbocycles. The average Bonchev–Trinajstić information content (AvgIpc) is 1.78. The van der Waals surface area contributed by atoms with Gasteiger partial charge in [0.15, 0.2) is 0 Å². The molecule has 0 aromatic carbocycles. The second-order valence-electron chi connectivity index (χ2n) is 2.53. The van der Waals surface area contributed by atoms with Gasteiger partial charge in [-0.2, -0.15) is 0 Å². The molecule has 0 amide bonds. The highest BCUT2D eigenvalue weighted by atomic mass is 35.7. The van der Waals surface area contributed by atoms with Crippen LogP contribution in [-0.2, 0) is 0 Å². The van der Waals surface area contributed by atoms with Gasteiger partial charge in [-0.05, 0) is 32.4 Å². The monoisotopic (exact) mass is 196 g/mol. The molecular formula is C7H14Cl2Si. The topological polar surface area (TPSA) is 0 Å². The average molecular weight is 197 g/mol.